The van der Waals surface area contributed by atoms with Gasteiger partial charge in [0.25, 0.3) is 0 Å². The van der Waals surface area contributed by atoms with Crippen molar-refractivity contribution in [3.63, 3.8) is 0 Å². The molecule has 174 valence electrons. The van der Waals surface area contributed by atoms with Gasteiger partial charge in [0.05, 0.1) is 0 Å². The van der Waals surface area contributed by atoms with E-state index >= 15 is 0 Å². The van der Waals surface area contributed by atoms with E-state index in [4.69, 9.17) is 19.1 Å². The van der Waals surface area contributed by atoms with Crippen LogP contribution in [0, 0.1) is 0 Å². The van der Waals surface area contributed by atoms with Crippen molar-refractivity contribution in [2.24, 2.45) is 0 Å². The molecule has 0 saturated heterocycles. The molecule has 0 atom stereocenters. The molecule has 0 N–H and O–H groups in total. The summed E-state index contributed by atoms with van der Waals surface area (Å²) in [5, 5.41) is 5.59. The molecule has 4 aromatic carbocycles. The minimum absolute atomic E-state index is 0.455. The van der Waals surface area contributed by atoms with Crippen molar-refractivity contribution in [2.45, 2.75) is 9.79 Å². The third kappa shape index (κ3) is 7.48. The molecule has 33 heavy (non-hydrogen) atoms. The van der Waals surface area contributed by atoms with Gasteiger partial charge in [0, 0.05) is 0 Å². The molecule has 0 unspecified atom stereocenters. The Kier molecular flexibility index (Phi) is 9.59. The third-order valence-electron chi connectivity index (χ3n) is 5.32. The Balaban J connectivity index is 1.47. The SMILES string of the molecule is [Cl][Pd]([Cl])([CH2]CP(c1ccccc1)c1ccccc1)[CH2]CP(c1ccccc1)c1ccccc1. The van der Waals surface area contributed by atoms with E-state index in [-0.39, 0.29) is 0 Å². The van der Waals surface area contributed by atoms with E-state index in [0.29, 0.717) is 0 Å². The van der Waals surface area contributed by atoms with E-state index in [0.717, 1.165) is 22.1 Å². The van der Waals surface area contributed by atoms with Gasteiger partial charge in [0.1, 0.15) is 0 Å². The van der Waals surface area contributed by atoms with Crippen LogP contribution in [0.15, 0.2) is 121 Å². The van der Waals surface area contributed by atoms with E-state index in [1.165, 1.54) is 21.2 Å². The van der Waals surface area contributed by atoms with Gasteiger partial charge >= 0.3 is 213 Å². The van der Waals surface area contributed by atoms with Crippen LogP contribution in [0.25, 0.3) is 0 Å². The van der Waals surface area contributed by atoms with Crippen LogP contribution in [0.2, 0.25) is 9.79 Å². The van der Waals surface area contributed by atoms with Crippen molar-refractivity contribution in [2.75, 3.05) is 12.3 Å². The second-order valence-corrected chi connectivity index (χ2v) is 22.5. The monoisotopic (exact) mass is 602 g/mol. The van der Waals surface area contributed by atoms with Crippen molar-refractivity contribution >= 4 is 56.1 Å². The molecule has 5 heteroatoms. The standard InChI is InChI=1S/2C14H14P.2ClH.Pd/c2*1-2-15(13-9-5-3-6-10-13)14-11-7-4-8-12-14;;;/h2*3-12H,1-2H2;2*1H;/q;;;;+2/p-2. The Morgan fingerprint density at radius 1 is 0.424 bits per heavy atom. The molecule has 0 nitrogen and oxygen atoms in total. The number of rotatable bonds is 10. The maximum absolute atomic E-state index is 7.11. The summed E-state index contributed by atoms with van der Waals surface area (Å²) in [4.78, 5) is 1.85. The average Bonchev–Trinajstić information content (AvgIpc) is 2.87. The first-order valence-electron chi connectivity index (χ1n) is 10.9. The number of benzene rings is 4. The van der Waals surface area contributed by atoms with Gasteiger partial charge in [0.15, 0.2) is 0 Å². The summed E-state index contributed by atoms with van der Waals surface area (Å²) in [6.45, 7) is 0. The predicted octanol–water partition coefficient (Wildman–Crippen LogP) is 7.55. The number of halogens is 2. The quantitative estimate of drug-likeness (QED) is 0.130. The van der Waals surface area contributed by atoms with Crippen LogP contribution in [0.5, 0.6) is 0 Å². The van der Waals surface area contributed by atoms with Crippen LogP contribution in [-0.4, -0.2) is 12.3 Å². The molecule has 0 bridgehead atoms. The molecule has 0 heterocycles. The Bertz CT molecular complexity index is 926. The molecule has 0 aromatic heterocycles. The van der Waals surface area contributed by atoms with Gasteiger partial charge in [-0.25, -0.2) is 0 Å². The summed E-state index contributed by atoms with van der Waals surface area (Å²) in [5.74, 6) is 0. The molecule has 0 spiro atoms. The van der Waals surface area contributed by atoms with Gasteiger partial charge < -0.3 is 0 Å². The summed E-state index contributed by atoms with van der Waals surface area (Å²) >= 11 is -2.51. The topological polar surface area (TPSA) is 0 Å². The van der Waals surface area contributed by atoms with Crippen molar-refractivity contribution in [1.82, 2.24) is 0 Å². The molecular formula is C28H28Cl2P2Pd. The second kappa shape index (κ2) is 12.6. The van der Waals surface area contributed by atoms with Crippen LogP contribution in [0.4, 0.5) is 0 Å². The molecule has 4 aromatic rings. The Hall–Kier alpha value is -1.02. The molecule has 0 fully saturated rings. The first kappa shape index (κ1) is 25.1. The molecule has 0 saturated carbocycles. The Morgan fingerprint density at radius 3 is 0.909 bits per heavy atom. The maximum atomic E-state index is 7.11. The van der Waals surface area contributed by atoms with Gasteiger partial charge in [-0.2, -0.15) is 0 Å². The zero-order chi connectivity index (χ0) is 22.9. The number of hydrogen-bond donors (Lipinski definition) is 0. The Morgan fingerprint density at radius 2 is 0.667 bits per heavy atom. The fourth-order valence-corrected chi connectivity index (χ4v) is 17.4. The van der Waals surface area contributed by atoms with E-state index in [1.807, 2.05) is 0 Å². The van der Waals surface area contributed by atoms with Crippen LogP contribution >= 0.6 is 34.9 Å². The molecule has 0 aliphatic carbocycles. The zero-order valence-corrected chi connectivity index (χ0v) is 23.2. The van der Waals surface area contributed by atoms with Crippen molar-refractivity contribution in [3.05, 3.63) is 121 Å². The predicted molar refractivity (Wildman–Crippen MR) is 149 cm³/mol. The van der Waals surface area contributed by atoms with Gasteiger partial charge in [-0.3, -0.25) is 0 Å². The van der Waals surface area contributed by atoms with E-state index < -0.39 is 29.3 Å². The molecule has 0 amide bonds. The molecule has 4 rings (SSSR count). The first-order chi connectivity index (χ1) is 16.1. The van der Waals surface area contributed by atoms with Gasteiger partial charge in [-0.1, -0.05) is 0 Å². The number of hydrogen-bond acceptors (Lipinski definition) is 0. The van der Waals surface area contributed by atoms with Crippen molar-refractivity contribution < 1.29 is 13.5 Å². The summed E-state index contributed by atoms with van der Waals surface area (Å²) in [5.41, 5.74) is 0. The second-order valence-electron chi connectivity index (χ2n) is 7.50. The molecule has 0 radical (unpaired) electrons. The molecule has 0 aliphatic rings. The van der Waals surface area contributed by atoms with Crippen LogP contribution in [0.3, 0.4) is 0 Å². The van der Waals surface area contributed by atoms with E-state index in [2.05, 4.69) is 121 Å². The van der Waals surface area contributed by atoms with Crippen LogP contribution < -0.4 is 21.2 Å². The summed E-state index contributed by atoms with van der Waals surface area (Å²) in [7, 11) is 13.3. The summed E-state index contributed by atoms with van der Waals surface area (Å²) in [6.07, 6.45) is 2.09. The average molecular weight is 604 g/mol. The van der Waals surface area contributed by atoms with Crippen LogP contribution in [-0.2, 0) is 13.5 Å². The van der Waals surface area contributed by atoms with Crippen molar-refractivity contribution in [1.29, 1.82) is 0 Å². The minimum atomic E-state index is -2.51. The van der Waals surface area contributed by atoms with Gasteiger partial charge in [-0.05, 0) is 0 Å². The van der Waals surface area contributed by atoms with E-state index in [1.54, 1.807) is 0 Å². The normalized spacial score (nSPS) is 12.2. The molecular weight excluding hydrogens is 576 g/mol. The molecule has 0 aliphatic heterocycles. The van der Waals surface area contributed by atoms with Crippen molar-refractivity contribution in [3.8, 4) is 0 Å². The fourth-order valence-electron chi connectivity index (χ4n) is 3.67. The van der Waals surface area contributed by atoms with Crippen LogP contribution in [0.1, 0.15) is 0 Å². The first-order valence-corrected chi connectivity index (χ1v) is 20.1. The zero-order valence-electron chi connectivity index (χ0n) is 18.3. The van der Waals surface area contributed by atoms with Gasteiger partial charge in [-0.15, -0.1) is 0 Å². The Labute approximate surface area is 211 Å². The third-order valence-corrected chi connectivity index (χ3v) is 17.4. The van der Waals surface area contributed by atoms with Gasteiger partial charge in [0.2, 0.25) is 0 Å². The summed E-state index contributed by atoms with van der Waals surface area (Å²) < 4.78 is 0. The van der Waals surface area contributed by atoms with E-state index in [9.17, 15) is 0 Å². The fraction of sp³-hybridized carbons (Fsp3) is 0.143. The summed E-state index contributed by atoms with van der Waals surface area (Å²) in [6, 6.07) is 43.4.